The van der Waals surface area contributed by atoms with Crippen LogP contribution in [-0.4, -0.2) is 28.3 Å². The summed E-state index contributed by atoms with van der Waals surface area (Å²) in [6.45, 7) is 0.376. The van der Waals surface area contributed by atoms with Crippen LogP contribution in [0.15, 0.2) is 24.5 Å². The number of hydrogen-bond donors (Lipinski definition) is 3. The summed E-state index contributed by atoms with van der Waals surface area (Å²) in [7, 11) is 0. The third-order valence-corrected chi connectivity index (χ3v) is 2.41. The molecule has 0 atom stereocenters. The monoisotopic (exact) mass is 232 g/mol. The average Bonchev–Trinajstić information content (AvgIpc) is 2.75. The number of carbonyl (C=O) groups excluding carboxylic acids is 2. The summed E-state index contributed by atoms with van der Waals surface area (Å²) in [6.07, 6.45) is 2.26. The Morgan fingerprint density at radius 3 is 3.00 bits per heavy atom. The van der Waals surface area contributed by atoms with E-state index in [-0.39, 0.29) is 0 Å². The van der Waals surface area contributed by atoms with Gasteiger partial charge in [-0.05, 0) is 24.1 Å². The predicted molar refractivity (Wildman–Crippen MR) is 62.0 cm³/mol. The summed E-state index contributed by atoms with van der Waals surface area (Å²) < 4.78 is 0. The highest BCUT2D eigenvalue weighted by molar-refractivity contribution is 6.34. The van der Waals surface area contributed by atoms with E-state index in [0.717, 1.165) is 16.6 Å². The van der Waals surface area contributed by atoms with Crippen molar-refractivity contribution < 1.29 is 9.59 Å². The summed E-state index contributed by atoms with van der Waals surface area (Å²) in [5, 5.41) is 2.43. The molecule has 2 rings (SSSR count). The second-order valence-corrected chi connectivity index (χ2v) is 3.62. The number of hydrogen-bond acceptors (Lipinski definition) is 3. The first-order valence-electron chi connectivity index (χ1n) is 5.16. The van der Waals surface area contributed by atoms with Crippen LogP contribution in [0.2, 0.25) is 0 Å². The molecule has 0 saturated heterocycles. The first-order chi connectivity index (χ1) is 8.16. The normalized spacial score (nSPS) is 10.4. The van der Waals surface area contributed by atoms with Crippen molar-refractivity contribution in [1.82, 2.24) is 15.3 Å². The summed E-state index contributed by atoms with van der Waals surface area (Å²) in [6, 6.07) is 5.79. The quantitative estimate of drug-likeness (QED) is 0.633. The average molecular weight is 232 g/mol. The summed E-state index contributed by atoms with van der Waals surface area (Å²) in [5.41, 5.74) is 7.71. The van der Waals surface area contributed by atoms with Gasteiger partial charge in [-0.3, -0.25) is 9.59 Å². The van der Waals surface area contributed by atoms with Gasteiger partial charge >= 0.3 is 11.8 Å². The van der Waals surface area contributed by atoms with Crippen molar-refractivity contribution in [2.75, 3.05) is 6.54 Å². The highest BCUT2D eigenvalue weighted by atomic mass is 16.2. The van der Waals surface area contributed by atoms with Crippen molar-refractivity contribution in [3.63, 3.8) is 0 Å². The predicted octanol–water partition coefficient (Wildman–Crippen LogP) is -0.293. The number of nitrogens with two attached hydrogens (primary N) is 1. The number of benzene rings is 1. The molecule has 0 spiro atoms. The molecular formula is C11H12N4O2. The highest BCUT2D eigenvalue weighted by Gasteiger charge is 2.06. The lowest BCUT2D eigenvalue weighted by Gasteiger charge is -2.02. The number of rotatable bonds is 3. The van der Waals surface area contributed by atoms with Crippen LogP contribution in [0.3, 0.4) is 0 Å². The standard InChI is InChI=1S/C11H12N4O2/c12-10(16)11(17)13-4-3-7-1-2-8-9(5-7)15-6-14-8/h1-2,5-6H,3-4H2,(H2,12,16)(H,13,17)(H,14,15). The molecule has 0 saturated carbocycles. The lowest BCUT2D eigenvalue weighted by molar-refractivity contribution is -0.137. The Kier molecular flexibility index (Phi) is 3.04. The van der Waals surface area contributed by atoms with Crippen LogP contribution in [0.1, 0.15) is 5.56 Å². The molecule has 0 unspecified atom stereocenters. The molecule has 1 heterocycles. The number of nitrogens with one attached hydrogen (secondary N) is 2. The van der Waals surface area contributed by atoms with Crippen LogP contribution in [0.25, 0.3) is 11.0 Å². The van der Waals surface area contributed by atoms with E-state index in [1.165, 1.54) is 0 Å². The fourth-order valence-electron chi connectivity index (χ4n) is 1.55. The van der Waals surface area contributed by atoms with Gasteiger partial charge in [0.1, 0.15) is 0 Å². The Hall–Kier alpha value is -2.37. The maximum absolute atomic E-state index is 10.9. The largest absolute Gasteiger partial charge is 0.361 e. The minimum absolute atomic E-state index is 0.376. The fourth-order valence-corrected chi connectivity index (χ4v) is 1.55. The molecule has 0 fully saturated rings. The molecule has 0 aliphatic carbocycles. The number of amides is 2. The smallest absolute Gasteiger partial charge is 0.309 e. The third kappa shape index (κ3) is 2.60. The van der Waals surface area contributed by atoms with Gasteiger partial charge in [-0.15, -0.1) is 0 Å². The molecule has 2 aromatic rings. The van der Waals surface area contributed by atoms with E-state index in [4.69, 9.17) is 5.73 Å². The molecule has 1 aromatic carbocycles. The molecule has 0 bridgehead atoms. The topological polar surface area (TPSA) is 101 Å². The van der Waals surface area contributed by atoms with E-state index in [0.29, 0.717) is 13.0 Å². The van der Waals surface area contributed by atoms with Crippen molar-refractivity contribution in [2.45, 2.75) is 6.42 Å². The zero-order valence-corrected chi connectivity index (χ0v) is 9.06. The van der Waals surface area contributed by atoms with Gasteiger partial charge in [0.2, 0.25) is 0 Å². The Bertz CT molecular complexity index is 561. The van der Waals surface area contributed by atoms with E-state index in [9.17, 15) is 9.59 Å². The van der Waals surface area contributed by atoms with Gasteiger partial charge in [0.25, 0.3) is 0 Å². The maximum Gasteiger partial charge on any atom is 0.309 e. The van der Waals surface area contributed by atoms with Crippen molar-refractivity contribution in [3.8, 4) is 0 Å². The van der Waals surface area contributed by atoms with E-state index in [1.807, 2.05) is 18.2 Å². The van der Waals surface area contributed by atoms with E-state index in [1.54, 1.807) is 6.33 Å². The number of aromatic nitrogens is 2. The summed E-state index contributed by atoms with van der Waals surface area (Å²) in [4.78, 5) is 28.5. The second-order valence-electron chi connectivity index (χ2n) is 3.62. The van der Waals surface area contributed by atoms with E-state index in [2.05, 4.69) is 15.3 Å². The van der Waals surface area contributed by atoms with Crippen LogP contribution in [0.5, 0.6) is 0 Å². The minimum Gasteiger partial charge on any atom is -0.361 e. The highest BCUT2D eigenvalue weighted by Crippen LogP contribution is 2.11. The van der Waals surface area contributed by atoms with Crippen LogP contribution < -0.4 is 11.1 Å². The number of primary amides is 1. The SMILES string of the molecule is NC(=O)C(=O)NCCc1ccc2nc[nH]c2c1. The van der Waals surface area contributed by atoms with Gasteiger partial charge in [-0.25, -0.2) is 4.98 Å². The molecule has 0 aliphatic heterocycles. The number of fused-ring (bicyclic) bond motifs is 1. The molecule has 0 radical (unpaired) electrons. The Balaban J connectivity index is 1.94. The lowest BCUT2D eigenvalue weighted by atomic mass is 10.1. The molecule has 2 amide bonds. The maximum atomic E-state index is 10.9. The Morgan fingerprint density at radius 1 is 1.41 bits per heavy atom. The number of H-pyrrole nitrogens is 1. The molecule has 4 N–H and O–H groups in total. The van der Waals surface area contributed by atoms with Crippen LogP contribution in [0, 0.1) is 0 Å². The van der Waals surface area contributed by atoms with Crippen LogP contribution in [0.4, 0.5) is 0 Å². The molecule has 1 aromatic heterocycles. The molecule has 6 nitrogen and oxygen atoms in total. The van der Waals surface area contributed by atoms with Gasteiger partial charge in [0.05, 0.1) is 17.4 Å². The van der Waals surface area contributed by atoms with Crippen molar-refractivity contribution in [3.05, 3.63) is 30.1 Å². The lowest BCUT2D eigenvalue weighted by Crippen LogP contribution is -2.37. The zero-order valence-electron chi connectivity index (χ0n) is 9.06. The zero-order chi connectivity index (χ0) is 12.3. The van der Waals surface area contributed by atoms with Crippen molar-refractivity contribution in [2.24, 2.45) is 5.73 Å². The first-order valence-corrected chi connectivity index (χ1v) is 5.16. The van der Waals surface area contributed by atoms with Gasteiger partial charge in [0, 0.05) is 6.54 Å². The van der Waals surface area contributed by atoms with Gasteiger partial charge in [-0.1, -0.05) is 6.07 Å². The Morgan fingerprint density at radius 2 is 2.24 bits per heavy atom. The van der Waals surface area contributed by atoms with E-state index < -0.39 is 11.8 Å². The fraction of sp³-hybridized carbons (Fsp3) is 0.182. The summed E-state index contributed by atoms with van der Waals surface area (Å²) in [5.74, 6) is -1.72. The van der Waals surface area contributed by atoms with Crippen LogP contribution in [-0.2, 0) is 16.0 Å². The first kappa shape index (κ1) is 11.1. The summed E-state index contributed by atoms with van der Waals surface area (Å²) >= 11 is 0. The molecular weight excluding hydrogens is 220 g/mol. The number of nitrogens with zero attached hydrogens (tertiary/aromatic N) is 1. The van der Waals surface area contributed by atoms with Gasteiger partial charge < -0.3 is 16.0 Å². The van der Waals surface area contributed by atoms with Crippen molar-refractivity contribution >= 4 is 22.8 Å². The molecule has 0 aliphatic rings. The van der Waals surface area contributed by atoms with Gasteiger partial charge in [0.15, 0.2) is 0 Å². The van der Waals surface area contributed by atoms with E-state index >= 15 is 0 Å². The second kappa shape index (κ2) is 4.65. The Labute approximate surface area is 97.2 Å². The number of carbonyl (C=O) groups is 2. The number of aromatic amines is 1. The minimum atomic E-state index is -0.964. The molecule has 88 valence electrons. The number of imidazole rings is 1. The molecule has 6 heteroatoms. The van der Waals surface area contributed by atoms with Crippen LogP contribution >= 0.6 is 0 Å². The van der Waals surface area contributed by atoms with Gasteiger partial charge in [-0.2, -0.15) is 0 Å². The molecule has 17 heavy (non-hydrogen) atoms. The third-order valence-electron chi connectivity index (χ3n) is 2.41. The van der Waals surface area contributed by atoms with Crippen molar-refractivity contribution in [1.29, 1.82) is 0 Å².